The summed E-state index contributed by atoms with van der Waals surface area (Å²) in [4.78, 5) is 20.9. The summed E-state index contributed by atoms with van der Waals surface area (Å²) in [7, 11) is 0. The third-order valence-corrected chi connectivity index (χ3v) is 5.08. The molecule has 10 heteroatoms. The van der Waals surface area contributed by atoms with Gasteiger partial charge in [-0.3, -0.25) is 9.59 Å². The number of nitrogens with one attached hydrogen (secondary N) is 2. The highest BCUT2D eigenvalue weighted by Crippen LogP contribution is 2.32. The first-order valence-corrected chi connectivity index (χ1v) is 10.5. The molecule has 0 fully saturated rings. The lowest BCUT2D eigenvalue weighted by Gasteiger charge is -2.23. The van der Waals surface area contributed by atoms with Crippen LogP contribution in [0.3, 0.4) is 0 Å². The van der Waals surface area contributed by atoms with Crippen molar-refractivity contribution in [1.82, 2.24) is 25.9 Å². The molecule has 0 radical (unpaired) electrons. The molecule has 4 N–H and O–H groups in total. The van der Waals surface area contributed by atoms with E-state index in [0.29, 0.717) is 30.8 Å². The van der Waals surface area contributed by atoms with E-state index in [1.807, 2.05) is 19.9 Å². The van der Waals surface area contributed by atoms with Crippen LogP contribution in [0.15, 0.2) is 24.3 Å². The Labute approximate surface area is 186 Å². The van der Waals surface area contributed by atoms with Crippen LogP contribution in [-0.4, -0.2) is 55.9 Å². The smallest absolute Gasteiger partial charge is 0.307 e. The van der Waals surface area contributed by atoms with Crippen LogP contribution in [0.25, 0.3) is 5.57 Å². The van der Waals surface area contributed by atoms with E-state index in [1.165, 1.54) is 6.07 Å². The molecule has 0 spiro atoms. The number of aliphatic carboxylic acids is 2. The highest BCUT2D eigenvalue weighted by Gasteiger charge is 2.33. The molecule has 0 saturated carbocycles. The van der Waals surface area contributed by atoms with Crippen LogP contribution >= 0.6 is 0 Å². The van der Waals surface area contributed by atoms with Crippen molar-refractivity contribution in [3.63, 3.8) is 0 Å². The highest BCUT2D eigenvalue weighted by molar-refractivity contribution is 5.71. The van der Waals surface area contributed by atoms with Gasteiger partial charge in [0.1, 0.15) is 5.82 Å². The van der Waals surface area contributed by atoms with Gasteiger partial charge in [-0.05, 0) is 48.9 Å². The number of tetrazole rings is 1. The molecular formula is C22H30FN5O4. The molecule has 2 heterocycles. The van der Waals surface area contributed by atoms with Crippen molar-refractivity contribution in [3.05, 3.63) is 47.0 Å². The SMILES string of the molecule is CC(=O)O.CC(C)C[C@H](C(=O)O)[C@H](Cc1ccc(C2=CCCNC2)c(F)c1)c1nn[nH]n1. The molecule has 0 saturated heterocycles. The van der Waals surface area contributed by atoms with Crippen LogP contribution < -0.4 is 5.32 Å². The number of carboxylic acid groups (broad SMARTS) is 2. The number of benzene rings is 1. The summed E-state index contributed by atoms with van der Waals surface area (Å²) in [5.74, 6) is -2.66. The van der Waals surface area contributed by atoms with Gasteiger partial charge in [-0.2, -0.15) is 5.21 Å². The topological polar surface area (TPSA) is 141 Å². The number of hydrogen-bond donors (Lipinski definition) is 4. The van der Waals surface area contributed by atoms with Gasteiger partial charge < -0.3 is 15.5 Å². The zero-order chi connectivity index (χ0) is 23.7. The van der Waals surface area contributed by atoms with E-state index < -0.39 is 23.8 Å². The van der Waals surface area contributed by atoms with Crippen molar-refractivity contribution in [1.29, 1.82) is 0 Å². The highest BCUT2D eigenvalue weighted by atomic mass is 19.1. The molecule has 0 amide bonds. The van der Waals surface area contributed by atoms with Crippen LogP contribution in [0.2, 0.25) is 0 Å². The minimum Gasteiger partial charge on any atom is -0.481 e. The summed E-state index contributed by atoms with van der Waals surface area (Å²) in [6.07, 6.45) is 3.75. The molecule has 1 aliphatic heterocycles. The van der Waals surface area contributed by atoms with Crippen LogP contribution in [0.1, 0.15) is 56.5 Å². The van der Waals surface area contributed by atoms with Gasteiger partial charge in [0.05, 0.1) is 5.92 Å². The Kier molecular flexibility index (Phi) is 9.45. The summed E-state index contributed by atoms with van der Waals surface area (Å²) in [5.41, 5.74) is 2.26. The average molecular weight is 448 g/mol. The number of H-pyrrole nitrogens is 1. The first-order chi connectivity index (χ1) is 15.2. The van der Waals surface area contributed by atoms with Crippen molar-refractivity contribution in [2.45, 2.75) is 46.0 Å². The average Bonchev–Trinajstić information content (AvgIpc) is 3.25. The van der Waals surface area contributed by atoms with Crippen LogP contribution in [0.4, 0.5) is 4.39 Å². The minimum absolute atomic E-state index is 0.195. The fourth-order valence-corrected chi connectivity index (χ4v) is 3.73. The lowest BCUT2D eigenvalue weighted by atomic mass is 9.81. The molecule has 32 heavy (non-hydrogen) atoms. The molecule has 1 aliphatic rings. The Hall–Kier alpha value is -3.14. The Bertz CT molecular complexity index is 926. The van der Waals surface area contributed by atoms with Crippen molar-refractivity contribution in [2.75, 3.05) is 13.1 Å². The predicted molar refractivity (Wildman–Crippen MR) is 116 cm³/mol. The third-order valence-electron chi connectivity index (χ3n) is 5.08. The van der Waals surface area contributed by atoms with E-state index in [4.69, 9.17) is 9.90 Å². The molecule has 3 rings (SSSR count). The molecule has 1 aromatic heterocycles. The van der Waals surface area contributed by atoms with Crippen molar-refractivity contribution < 1.29 is 24.2 Å². The lowest BCUT2D eigenvalue weighted by molar-refractivity contribution is -0.143. The molecule has 0 unspecified atom stereocenters. The molecule has 9 nitrogen and oxygen atoms in total. The number of hydrogen-bond acceptors (Lipinski definition) is 6. The summed E-state index contributed by atoms with van der Waals surface area (Å²) in [6, 6.07) is 5.12. The summed E-state index contributed by atoms with van der Waals surface area (Å²) < 4.78 is 14.8. The Morgan fingerprint density at radius 2 is 1.97 bits per heavy atom. The van der Waals surface area contributed by atoms with Gasteiger partial charge in [-0.1, -0.05) is 37.3 Å². The van der Waals surface area contributed by atoms with E-state index in [2.05, 4.69) is 32.0 Å². The second kappa shape index (κ2) is 12.0. The number of nitrogens with zero attached hydrogens (tertiary/aromatic N) is 3. The molecule has 174 valence electrons. The monoisotopic (exact) mass is 447 g/mol. The Balaban J connectivity index is 0.000000837. The van der Waals surface area contributed by atoms with Gasteiger partial charge in [-0.25, -0.2) is 4.39 Å². The molecule has 1 aromatic carbocycles. The molecule has 2 atom stereocenters. The van der Waals surface area contributed by atoms with Gasteiger partial charge >= 0.3 is 5.97 Å². The predicted octanol–water partition coefficient (Wildman–Crippen LogP) is 2.88. The molecule has 0 bridgehead atoms. The Morgan fingerprint density at radius 1 is 1.25 bits per heavy atom. The first-order valence-electron chi connectivity index (χ1n) is 10.5. The fourth-order valence-electron chi connectivity index (χ4n) is 3.73. The number of rotatable bonds is 8. The maximum absolute atomic E-state index is 14.8. The summed E-state index contributed by atoms with van der Waals surface area (Å²) >= 11 is 0. The normalized spacial score (nSPS) is 15.3. The third kappa shape index (κ3) is 7.52. The number of carboxylic acids is 2. The van der Waals surface area contributed by atoms with Crippen molar-refractivity contribution in [2.24, 2.45) is 11.8 Å². The first kappa shape index (κ1) is 25.1. The maximum Gasteiger partial charge on any atom is 0.307 e. The Morgan fingerprint density at radius 3 is 2.47 bits per heavy atom. The van der Waals surface area contributed by atoms with E-state index in [-0.39, 0.29) is 11.7 Å². The quantitative estimate of drug-likeness (QED) is 0.484. The van der Waals surface area contributed by atoms with Gasteiger partial charge in [0.25, 0.3) is 5.97 Å². The number of halogens is 1. The molecular weight excluding hydrogens is 417 g/mol. The standard InChI is InChI=1S/C20H26FN5O2.C2H4O2/c1-12(2)8-17(20(27)28)16(19-23-25-26-24-19)9-13-5-6-15(18(21)10-13)14-4-3-7-22-11-14;1-2(3)4/h4-6,10,12,16-17,22H,3,7-9,11H2,1-2H3,(H,27,28)(H,23,24,25,26);1H3,(H,3,4)/t16-,17-;/m0./s1. The largest absolute Gasteiger partial charge is 0.481 e. The number of aromatic nitrogens is 4. The number of carbonyl (C=O) groups is 2. The molecule has 0 aliphatic carbocycles. The lowest BCUT2D eigenvalue weighted by Crippen LogP contribution is -2.26. The van der Waals surface area contributed by atoms with Gasteiger partial charge in [-0.15, -0.1) is 10.2 Å². The van der Waals surface area contributed by atoms with Crippen molar-refractivity contribution >= 4 is 17.5 Å². The van der Waals surface area contributed by atoms with Crippen LogP contribution in [0.5, 0.6) is 0 Å². The van der Waals surface area contributed by atoms with E-state index in [9.17, 15) is 14.3 Å². The van der Waals surface area contributed by atoms with Gasteiger partial charge in [0, 0.05) is 24.9 Å². The second-order valence-corrected chi connectivity index (χ2v) is 8.18. The van der Waals surface area contributed by atoms with E-state index >= 15 is 0 Å². The van der Waals surface area contributed by atoms with Crippen molar-refractivity contribution in [3.8, 4) is 0 Å². The number of aromatic amines is 1. The molecule has 2 aromatic rings. The summed E-state index contributed by atoms with van der Waals surface area (Å²) in [5, 5.41) is 34.4. The van der Waals surface area contributed by atoms with E-state index in [1.54, 1.807) is 6.07 Å². The van der Waals surface area contributed by atoms with Crippen LogP contribution in [0, 0.1) is 17.7 Å². The fraction of sp³-hybridized carbons (Fsp3) is 0.500. The zero-order valence-corrected chi connectivity index (χ0v) is 18.5. The minimum atomic E-state index is -0.904. The van der Waals surface area contributed by atoms with Gasteiger partial charge in [0.15, 0.2) is 5.82 Å². The summed E-state index contributed by atoms with van der Waals surface area (Å²) in [6.45, 7) is 6.59. The van der Waals surface area contributed by atoms with E-state index in [0.717, 1.165) is 31.0 Å². The van der Waals surface area contributed by atoms with Crippen LogP contribution in [-0.2, 0) is 16.0 Å². The van der Waals surface area contributed by atoms with Gasteiger partial charge in [0.2, 0.25) is 0 Å². The zero-order valence-electron chi connectivity index (χ0n) is 18.5. The second-order valence-electron chi connectivity index (χ2n) is 8.18. The maximum atomic E-state index is 14.8.